The molecule has 0 saturated heterocycles. The Kier molecular flexibility index (Phi) is 20.3. The number of esters is 2. The van der Waals surface area contributed by atoms with Crippen molar-refractivity contribution in [2.24, 2.45) is 5.41 Å². The number of aliphatic hydroxyl groups excluding tert-OH is 4. The van der Waals surface area contributed by atoms with E-state index in [9.17, 15) is 30.0 Å². The van der Waals surface area contributed by atoms with Crippen molar-refractivity contribution in [2.45, 2.75) is 167 Å². The van der Waals surface area contributed by atoms with Gasteiger partial charge in [0.2, 0.25) is 0 Å². The van der Waals surface area contributed by atoms with Crippen LogP contribution in [0.1, 0.15) is 133 Å². The summed E-state index contributed by atoms with van der Waals surface area (Å²) < 4.78 is 23.4. The molecular formula is C39H68O10S. The predicted molar refractivity (Wildman–Crippen MR) is 200 cm³/mol. The summed E-state index contributed by atoms with van der Waals surface area (Å²) in [5.74, 6) is 0.561. The number of ether oxygens (including phenoxy) is 4. The van der Waals surface area contributed by atoms with E-state index in [1.54, 1.807) is 36.0 Å². The van der Waals surface area contributed by atoms with E-state index in [4.69, 9.17) is 18.9 Å². The highest BCUT2D eigenvalue weighted by Gasteiger charge is 2.50. The standard InChI is InChI=1S/C39H68O10S/c1-10-36(8,9)48-34(44)20-21-35(45)49-39(15-6,16-7)37(11-2,12-3)23-29(41)26-46-32-18-17-19-33(22-32)47-27-30(42)24-38(13-4,14-5)50-28-31(43)25-40/h17-19,22,29-31,40-43H,10-16,20-21,23-28H2,1-9H3. The Morgan fingerprint density at radius 2 is 1.20 bits per heavy atom. The summed E-state index contributed by atoms with van der Waals surface area (Å²) in [5, 5.41) is 41.1. The molecule has 290 valence electrons. The van der Waals surface area contributed by atoms with Crippen LogP contribution >= 0.6 is 11.8 Å². The molecule has 10 nitrogen and oxygen atoms in total. The molecule has 0 amide bonds. The molecular weight excluding hydrogens is 660 g/mol. The third-order valence-electron chi connectivity index (χ3n) is 10.6. The van der Waals surface area contributed by atoms with E-state index in [0.29, 0.717) is 62.2 Å². The first kappa shape index (κ1) is 46.0. The highest BCUT2D eigenvalue weighted by atomic mass is 32.2. The molecule has 0 radical (unpaired) electrons. The first-order valence-corrected chi connectivity index (χ1v) is 19.6. The summed E-state index contributed by atoms with van der Waals surface area (Å²) in [6, 6.07) is 7.08. The summed E-state index contributed by atoms with van der Waals surface area (Å²) in [7, 11) is 0. The molecule has 0 heterocycles. The van der Waals surface area contributed by atoms with Crippen molar-refractivity contribution < 1.29 is 49.0 Å². The van der Waals surface area contributed by atoms with Gasteiger partial charge in [0.05, 0.1) is 37.8 Å². The van der Waals surface area contributed by atoms with Crippen molar-refractivity contribution in [3.63, 3.8) is 0 Å². The SMILES string of the molecule is CCC(C)(C)OC(=O)CCC(=O)OC(CC)(CC)C(CC)(CC)CC(O)COc1cccc(OCC(O)CC(CC)(CC)SCC(O)CO)c1. The zero-order chi connectivity index (χ0) is 38.0. The van der Waals surface area contributed by atoms with E-state index >= 15 is 0 Å². The Morgan fingerprint density at radius 3 is 1.64 bits per heavy atom. The fourth-order valence-electron chi connectivity index (χ4n) is 6.69. The van der Waals surface area contributed by atoms with Gasteiger partial charge in [-0.2, -0.15) is 11.8 Å². The van der Waals surface area contributed by atoms with Gasteiger partial charge in [-0.3, -0.25) is 9.59 Å². The van der Waals surface area contributed by atoms with E-state index in [1.807, 2.05) is 48.5 Å². The van der Waals surface area contributed by atoms with E-state index in [1.165, 1.54) is 0 Å². The maximum atomic E-state index is 13.1. The van der Waals surface area contributed by atoms with Crippen LogP contribution in [0.25, 0.3) is 0 Å². The zero-order valence-electron chi connectivity index (χ0n) is 32.3. The molecule has 0 aliphatic heterocycles. The third kappa shape index (κ3) is 14.2. The van der Waals surface area contributed by atoms with Gasteiger partial charge in [0.1, 0.15) is 35.9 Å². The maximum Gasteiger partial charge on any atom is 0.306 e. The van der Waals surface area contributed by atoms with Crippen LogP contribution in [0.15, 0.2) is 24.3 Å². The molecule has 1 aromatic carbocycles. The maximum absolute atomic E-state index is 13.1. The Morgan fingerprint density at radius 1 is 0.700 bits per heavy atom. The minimum Gasteiger partial charge on any atom is -0.491 e. The number of carbonyl (C=O) groups is 2. The summed E-state index contributed by atoms with van der Waals surface area (Å²) in [5.41, 5.74) is -1.95. The van der Waals surface area contributed by atoms with Gasteiger partial charge in [0.25, 0.3) is 0 Å². The van der Waals surface area contributed by atoms with Crippen LogP contribution < -0.4 is 9.47 Å². The van der Waals surface area contributed by atoms with Crippen molar-refractivity contribution in [3.8, 4) is 11.5 Å². The highest BCUT2D eigenvalue weighted by molar-refractivity contribution is 8.00. The summed E-state index contributed by atoms with van der Waals surface area (Å²) in [4.78, 5) is 25.5. The number of aliphatic hydroxyl groups is 4. The van der Waals surface area contributed by atoms with Crippen LogP contribution in [0.5, 0.6) is 11.5 Å². The fraction of sp³-hybridized carbons (Fsp3) is 0.795. The second-order valence-electron chi connectivity index (χ2n) is 14.1. The Balaban J connectivity index is 2.88. The molecule has 11 heteroatoms. The number of benzene rings is 1. The van der Waals surface area contributed by atoms with Crippen molar-refractivity contribution in [1.82, 2.24) is 0 Å². The number of hydrogen-bond donors (Lipinski definition) is 4. The molecule has 3 atom stereocenters. The molecule has 3 unspecified atom stereocenters. The van der Waals surface area contributed by atoms with Crippen molar-refractivity contribution in [1.29, 1.82) is 0 Å². The van der Waals surface area contributed by atoms with Gasteiger partial charge in [0.15, 0.2) is 0 Å². The van der Waals surface area contributed by atoms with Gasteiger partial charge in [-0.15, -0.1) is 0 Å². The third-order valence-corrected chi connectivity index (χ3v) is 12.5. The summed E-state index contributed by atoms with van der Waals surface area (Å²) in [6.07, 6.45) is 3.09. The number of hydrogen-bond acceptors (Lipinski definition) is 11. The van der Waals surface area contributed by atoms with E-state index in [0.717, 1.165) is 12.8 Å². The van der Waals surface area contributed by atoms with Gasteiger partial charge in [-0.25, -0.2) is 0 Å². The van der Waals surface area contributed by atoms with Crippen LogP contribution in [0.4, 0.5) is 0 Å². The van der Waals surface area contributed by atoms with Crippen LogP contribution in [-0.2, 0) is 19.1 Å². The molecule has 0 saturated carbocycles. The average Bonchev–Trinajstić information content (AvgIpc) is 3.12. The lowest BCUT2D eigenvalue weighted by molar-refractivity contribution is -0.188. The second-order valence-corrected chi connectivity index (χ2v) is 15.6. The molecule has 0 aliphatic rings. The van der Waals surface area contributed by atoms with Gasteiger partial charge < -0.3 is 39.4 Å². The quantitative estimate of drug-likeness (QED) is 0.0693. The largest absolute Gasteiger partial charge is 0.491 e. The first-order chi connectivity index (χ1) is 23.6. The molecule has 50 heavy (non-hydrogen) atoms. The van der Waals surface area contributed by atoms with Crippen LogP contribution in [0.3, 0.4) is 0 Å². The molecule has 4 N–H and O–H groups in total. The molecule has 0 aliphatic carbocycles. The number of rotatable bonds is 27. The van der Waals surface area contributed by atoms with Crippen molar-refractivity contribution in [2.75, 3.05) is 25.6 Å². The van der Waals surface area contributed by atoms with E-state index in [2.05, 4.69) is 13.8 Å². The van der Waals surface area contributed by atoms with Gasteiger partial charge in [-0.1, -0.05) is 54.5 Å². The van der Waals surface area contributed by atoms with Gasteiger partial charge in [-0.05, 0) is 83.8 Å². The molecule has 0 aromatic heterocycles. The summed E-state index contributed by atoms with van der Waals surface area (Å²) in [6.45, 7) is 17.6. The predicted octanol–water partition coefficient (Wildman–Crippen LogP) is 7.01. The zero-order valence-corrected chi connectivity index (χ0v) is 33.1. The minimum atomic E-state index is -0.846. The monoisotopic (exact) mass is 728 g/mol. The van der Waals surface area contributed by atoms with Gasteiger partial charge >= 0.3 is 11.9 Å². The topological polar surface area (TPSA) is 152 Å². The Labute approximate surface area is 306 Å². The van der Waals surface area contributed by atoms with Crippen LogP contribution in [0.2, 0.25) is 0 Å². The van der Waals surface area contributed by atoms with Crippen molar-refractivity contribution >= 4 is 23.7 Å². The number of carbonyl (C=O) groups excluding carboxylic acids is 2. The van der Waals surface area contributed by atoms with Crippen LogP contribution in [-0.4, -0.2) is 92.2 Å². The molecule has 0 bridgehead atoms. The Hall–Kier alpha value is -2.05. The van der Waals surface area contributed by atoms with Gasteiger partial charge in [0, 0.05) is 22.0 Å². The fourth-order valence-corrected chi connectivity index (χ4v) is 8.06. The minimum absolute atomic E-state index is 0.0246. The lowest BCUT2D eigenvalue weighted by Crippen LogP contribution is -2.52. The smallest absolute Gasteiger partial charge is 0.306 e. The lowest BCUT2D eigenvalue weighted by Gasteiger charge is -2.50. The summed E-state index contributed by atoms with van der Waals surface area (Å²) >= 11 is 1.57. The van der Waals surface area contributed by atoms with E-state index < -0.39 is 46.9 Å². The van der Waals surface area contributed by atoms with Crippen LogP contribution in [0, 0.1) is 5.41 Å². The molecule has 0 spiro atoms. The molecule has 0 fully saturated rings. The van der Waals surface area contributed by atoms with E-state index in [-0.39, 0.29) is 37.4 Å². The second kappa shape index (κ2) is 22.1. The Bertz CT molecular complexity index is 1110. The van der Waals surface area contributed by atoms with Crippen molar-refractivity contribution in [3.05, 3.63) is 24.3 Å². The highest BCUT2D eigenvalue weighted by Crippen LogP contribution is 2.49. The molecule has 1 rings (SSSR count). The first-order valence-electron chi connectivity index (χ1n) is 18.7. The number of thioether (sulfide) groups is 1. The molecule has 1 aromatic rings. The normalized spacial score (nSPS) is 14.5. The average molecular weight is 729 g/mol. The lowest BCUT2D eigenvalue weighted by atomic mass is 9.62.